The maximum Gasteiger partial charge on any atom is 0.323 e. The highest BCUT2D eigenvalue weighted by Gasteiger charge is 2.69. The molecular formula is C32H34ClN5O9. The van der Waals surface area contributed by atoms with Gasteiger partial charge in [0.2, 0.25) is 5.91 Å². The van der Waals surface area contributed by atoms with Crippen LogP contribution in [-0.4, -0.2) is 95.8 Å². The van der Waals surface area contributed by atoms with Crippen molar-refractivity contribution in [3.8, 4) is 5.75 Å². The second kappa shape index (κ2) is 11.9. The molecule has 3 aliphatic carbocycles. The Bertz CT molecular complexity index is 1790. The van der Waals surface area contributed by atoms with E-state index in [1.165, 1.54) is 50.2 Å². The maximum atomic E-state index is 14.2. The normalized spacial score (nSPS) is 26.7. The van der Waals surface area contributed by atoms with Crippen molar-refractivity contribution >= 4 is 69.5 Å². The van der Waals surface area contributed by atoms with Crippen LogP contribution >= 0.6 is 11.6 Å². The molecule has 2 saturated carbocycles. The van der Waals surface area contributed by atoms with Crippen molar-refractivity contribution in [3.05, 3.63) is 46.0 Å². The standard InChI is InChI=1S/C32H34ClN5O9/c1-12(39)15-10-14(33)6-7-18(15)35-31(46)36-19-11-20(37(2)3)16-8-13-9-17-24(38(4)5)27(42)23(30(34)45)29(44)32(17,47)28(43)21(13)26(41)22(16)25(19)40/h6-7,10-11,13,17,21,23-24,40,47H,8-9H2,1-5H3,(H2,34,45)(H2,35,36,46)/t13-,17-,21?,23?,24-,32-/m0/s1. The summed E-state index contributed by atoms with van der Waals surface area (Å²) < 4.78 is 0. The van der Waals surface area contributed by atoms with Gasteiger partial charge in [0.1, 0.15) is 5.75 Å². The molecule has 0 aromatic heterocycles. The lowest BCUT2D eigenvalue weighted by atomic mass is 9.52. The van der Waals surface area contributed by atoms with Crippen molar-refractivity contribution in [2.24, 2.45) is 29.4 Å². The van der Waals surface area contributed by atoms with Crippen LogP contribution in [0.2, 0.25) is 5.02 Å². The van der Waals surface area contributed by atoms with Gasteiger partial charge in [0.15, 0.2) is 40.4 Å². The zero-order chi connectivity index (χ0) is 34.9. The summed E-state index contributed by atoms with van der Waals surface area (Å²) >= 11 is 5.99. The van der Waals surface area contributed by atoms with Crippen LogP contribution in [0.5, 0.6) is 5.75 Å². The first-order chi connectivity index (χ1) is 21.9. The monoisotopic (exact) mass is 667 g/mol. The number of urea groups is 1. The number of halogens is 1. The first kappa shape index (κ1) is 33.7. The van der Waals surface area contributed by atoms with E-state index in [1.807, 2.05) is 0 Å². The number of carbonyl (C=O) groups excluding carboxylic acids is 7. The summed E-state index contributed by atoms with van der Waals surface area (Å²) in [4.78, 5) is 95.5. The highest BCUT2D eigenvalue weighted by atomic mass is 35.5. The third kappa shape index (κ3) is 5.26. The van der Waals surface area contributed by atoms with E-state index in [0.717, 1.165) is 0 Å². The molecule has 15 heteroatoms. The lowest BCUT2D eigenvalue weighted by Crippen LogP contribution is -2.74. The van der Waals surface area contributed by atoms with Gasteiger partial charge in [-0.2, -0.15) is 0 Å². The minimum absolute atomic E-state index is 0.0478. The van der Waals surface area contributed by atoms with Crippen LogP contribution in [-0.2, 0) is 25.6 Å². The van der Waals surface area contributed by atoms with Crippen LogP contribution in [0.25, 0.3) is 0 Å². The van der Waals surface area contributed by atoms with E-state index in [-0.39, 0.29) is 46.1 Å². The van der Waals surface area contributed by atoms with Crippen molar-refractivity contribution in [2.45, 2.75) is 31.4 Å². The number of primary amides is 1. The molecule has 0 saturated heterocycles. The summed E-state index contributed by atoms with van der Waals surface area (Å²) in [6, 6.07) is 3.64. The first-order valence-electron chi connectivity index (χ1n) is 14.7. The minimum atomic E-state index is -2.86. The topological polar surface area (TPSA) is 217 Å². The Morgan fingerprint density at radius 1 is 1.00 bits per heavy atom. The number of hydrogen-bond acceptors (Lipinski definition) is 11. The third-order valence-electron chi connectivity index (χ3n) is 9.38. The Morgan fingerprint density at radius 2 is 1.64 bits per heavy atom. The molecule has 6 atom stereocenters. The number of anilines is 3. The fourth-order valence-corrected chi connectivity index (χ4v) is 7.51. The van der Waals surface area contributed by atoms with Gasteiger partial charge in [-0.25, -0.2) is 4.79 Å². The second-order valence-electron chi connectivity index (χ2n) is 12.7. The predicted octanol–water partition coefficient (Wildman–Crippen LogP) is 1.43. The quantitative estimate of drug-likeness (QED) is 0.169. The van der Waals surface area contributed by atoms with Crippen LogP contribution in [0.1, 0.15) is 39.6 Å². The van der Waals surface area contributed by atoms with E-state index in [1.54, 1.807) is 19.0 Å². The van der Waals surface area contributed by atoms with Crippen LogP contribution in [0, 0.1) is 23.7 Å². The number of amides is 3. The Kier molecular flexibility index (Phi) is 8.50. The lowest BCUT2D eigenvalue weighted by molar-refractivity contribution is -0.181. The van der Waals surface area contributed by atoms with Crippen LogP contribution < -0.4 is 21.3 Å². The summed E-state index contributed by atoms with van der Waals surface area (Å²) in [5, 5.41) is 28.5. The summed E-state index contributed by atoms with van der Waals surface area (Å²) in [6.07, 6.45) is -0.0500. The van der Waals surface area contributed by atoms with Crippen LogP contribution in [0.3, 0.4) is 0 Å². The van der Waals surface area contributed by atoms with E-state index in [4.69, 9.17) is 17.3 Å². The molecule has 5 rings (SSSR count). The molecular weight excluding hydrogens is 634 g/mol. The largest absolute Gasteiger partial charge is 0.505 e. The molecule has 14 nitrogen and oxygen atoms in total. The molecule has 0 spiro atoms. The number of rotatable bonds is 6. The van der Waals surface area contributed by atoms with Gasteiger partial charge in [0.25, 0.3) is 0 Å². The zero-order valence-corrected chi connectivity index (χ0v) is 27.0. The molecule has 3 aliphatic rings. The Morgan fingerprint density at radius 3 is 2.21 bits per heavy atom. The van der Waals surface area contributed by atoms with Gasteiger partial charge in [0, 0.05) is 36.3 Å². The SMILES string of the molecule is CC(=O)c1cc(Cl)ccc1NC(=O)Nc1cc(N(C)C)c2c(c1O)C(=O)C1C(=O)[C@]3(O)C(=O)C(C(N)=O)C(=O)[C@@H](N(C)C)[C@@H]3C[C@@H]1C2. The first-order valence-corrected chi connectivity index (χ1v) is 15.1. The molecule has 2 fully saturated rings. The van der Waals surface area contributed by atoms with Crippen LogP contribution in [0.4, 0.5) is 21.9 Å². The van der Waals surface area contributed by atoms with Crippen molar-refractivity contribution in [2.75, 3.05) is 43.7 Å². The van der Waals surface area contributed by atoms with Crippen molar-refractivity contribution in [1.29, 1.82) is 0 Å². The number of phenolic OH excluding ortho intramolecular Hbond substituents is 1. The molecule has 3 amide bonds. The van der Waals surface area contributed by atoms with Gasteiger partial charge in [-0.05, 0) is 69.6 Å². The number of nitrogens with zero attached hydrogens (tertiary/aromatic N) is 2. The number of carbonyl (C=O) groups is 7. The number of likely N-dealkylation sites (N-methyl/N-ethyl adjacent to an activating group) is 1. The van der Waals surface area contributed by atoms with Gasteiger partial charge in [-0.3, -0.25) is 33.7 Å². The number of fused-ring (bicyclic) bond motifs is 3. The van der Waals surface area contributed by atoms with Gasteiger partial charge >= 0.3 is 6.03 Å². The van der Waals surface area contributed by atoms with Crippen molar-refractivity contribution in [3.63, 3.8) is 0 Å². The molecule has 248 valence electrons. The van der Waals surface area contributed by atoms with E-state index in [0.29, 0.717) is 11.3 Å². The number of hydrogen-bond donors (Lipinski definition) is 5. The molecule has 0 bridgehead atoms. The summed E-state index contributed by atoms with van der Waals surface area (Å²) in [5.74, 6) is -12.3. The average molecular weight is 668 g/mol. The fraction of sp³-hybridized carbons (Fsp3) is 0.406. The minimum Gasteiger partial charge on any atom is -0.505 e. The molecule has 6 N–H and O–H groups in total. The molecule has 2 unspecified atom stereocenters. The molecule has 2 aromatic carbocycles. The summed E-state index contributed by atoms with van der Waals surface area (Å²) in [5.41, 5.74) is 3.10. The number of nitrogens with one attached hydrogen (secondary N) is 2. The molecule has 2 aromatic rings. The van der Waals surface area contributed by atoms with Gasteiger partial charge < -0.3 is 31.5 Å². The van der Waals surface area contributed by atoms with E-state index in [2.05, 4.69) is 10.6 Å². The van der Waals surface area contributed by atoms with Gasteiger partial charge in [0.05, 0.1) is 28.9 Å². The molecule has 47 heavy (non-hydrogen) atoms. The number of Topliss-reactive ketones (excluding diaryl/α,β-unsaturated/α-hetero) is 5. The maximum absolute atomic E-state index is 14.2. The Balaban J connectivity index is 1.56. The number of aliphatic hydroxyl groups is 1. The van der Waals surface area contributed by atoms with Crippen molar-refractivity contribution < 1.29 is 43.8 Å². The average Bonchev–Trinajstić information content (AvgIpc) is 2.96. The number of aromatic hydroxyl groups is 1. The van der Waals surface area contributed by atoms with Crippen LogP contribution in [0.15, 0.2) is 24.3 Å². The summed E-state index contributed by atoms with van der Waals surface area (Å²) in [7, 11) is 6.37. The number of ketones is 5. The van der Waals surface area contributed by atoms with Gasteiger partial charge in [-0.1, -0.05) is 11.6 Å². The Hall–Kier alpha value is -4.66. The third-order valence-corrected chi connectivity index (χ3v) is 9.61. The smallest absolute Gasteiger partial charge is 0.323 e. The highest BCUT2D eigenvalue weighted by molar-refractivity contribution is 6.33. The lowest BCUT2D eigenvalue weighted by Gasteiger charge is -2.52. The fourth-order valence-electron chi connectivity index (χ4n) is 7.34. The van der Waals surface area contributed by atoms with E-state index < -0.39 is 76.1 Å². The molecule has 0 heterocycles. The second-order valence-corrected chi connectivity index (χ2v) is 13.1. The van der Waals surface area contributed by atoms with Crippen molar-refractivity contribution in [1.82, 2.24) is 4.90 Å². The van der Waals surface area contributed by atoms with E-state index >= 15 is 0 Å². The predicted molar refractivity (Wildman–Crippen MR) is 170 cm³/mol. The Labute approximate surface area is 274 Å². The summed E-state index contributed by atoms with van der Waals surface area (Å²) in [6.45, 7) is 1.30. The van der Waals surface area contributed by atoms with Gasteiger partial charge in [-0.15, -0.1) is 0 Å². The number of benzene rings is 2. The highest BCUT2D eigenvalue weighted by Crippen LogP contribution is 2.52. The number of phenols is 1. The molecule has 0 radical (unpaired) electrons. The molecule has 0 aliphatic heterocycles. The number of nitrogens with two attached hydrogens (primary N) is 1. The van der Waals surface area contributed by atoms with E-state index in [9.17, 15) is 43.8 Å². The zero-order valence-electron chi connectivity index (χ0n) is 26.2.